The van der Waals surface area contributed by atoms with Gasteiger partial charge < -0.3 is 103 Å². The zero-order valence-electron chi connectivity index (χ0n) is 76.8. The number of esters is 1. The highest BCUT2D eigenvalue weighted by atomic mass is 35.5. The van der Waals surface area contributed by atoms with E-state index in [4.69, 9.17) is 46.8 Å². The van der Waals surface area contributed by atoms with Gasteiger partial charge in [0.05, 0.1) is 43.0 Å². The second-order valence-electron chi connectivity index (χ2n) is 34.5. The highest BCUT2D eigenvalue weighted by Crippen LogP contribution is 2.50. The summed E-state index contributed by atoms with van der Waals surface area (Å²) in [5.41, 5.74) is 12.3. The average molecular weight is 1990 g/mol. The Bertz CT molecular complexity index is 5280. The molecule has 3 saturated heterocycles. The van der Waals surface area contributed by atoms with Gasteiger partial charge in [0, 0.05) is 93.8 Å². The number of primary amides is 1. The number of aryl methyl sites for hydroxylation is 1. The van der Waals surface area contributed by atoms with Crippen molar-refractivity contribution in [1.29, 1.82) is 0 Å². The van der Waals surface area contributed by atoms with Crippen molar-refractivity contribution in [2.45, 2.75) is 215 Å². The Hall–Kier alpha value is -10.9. The summed E-state index contributed by atoms with van der Waals surface area (Å²) in [6, 6.07) is 13.8. The van der Waals surface area contributed by atoms with Crippen LogP contribution in [0.25, 0.3) is 5.57 Å². The number of urea groups is 1. The predicted octanol–water partition coefficient (Wildman–Crippen LogP) is 7.90. The number of phenolic OH excluding ortho intramolecular Hbond substituents is 1. The largest absolute Gasteiger partial charge is 0.508 e. The summed E-state index contributed by atoms with van der Waals surface area (Å²) in [4.78, 5) is 192. The lowest BCUT2D eigenvalue weighted by Crippen LogP contribution is -2.63. The number of fused-ring (bicyclic) bond motifs is 6. The zero-order chi connectivity index (χ0) is 99.2. The number of aromatic hydroxyl groups is 1. The smallest absolute Gasteiger partial charge is 0.416 e. The van der Waals surface area contributed by atoms with Crippen LogP contribution in [0.1, 0.15) is 125 Å². The number of epoxide rings is 1. The molecule has 4 bridgehead atoms. The van der Waals surface area contributed by atoms with Crippen molar-refractivity contribution < 1.29 is 115 Å². The Balaban J connectivity index is 0.884. The maximum Gasteiger partial charge on any atom is 0.416 e. The Labute approximate surface area is 806 Å². The van der Waals surface area contributed by atoms with Crippen LogP contribution in [0, 0.1) is 18.8 Å². The molecular formula is C94H117ClF3N13O21S4. The van der Waals surface area contributed by atoms with Crippen LogP contribution in [-0.4, -0.2) is 245 Å². The highest BCUT2D eigenvalue weighted by Gasteiger charge is 2.65. The molecule has 3 fully saturated rings. The Kier molecular flexibility index (Phi) is 38.5. The number of rotatable bonds is 29. The number of allylic oxidation sites excluding steroid dienone is 4. The van der Waals surface area contributed by atoms with E-state index in [1.54, 1.807) is 80.6 Å². The first-order chi connectivity index (χ1) is 64.5. The number of carbonyl (C=O) groups excluding carboxylic acids is 13. The molecule has 736 valence electrons. The number of aliphatic hydroxyl groups is 2. The van der Waals surface area contributed by atoms with E-state index in [0.717, 1.165) is 70.8 Å². The maximum atomic E-state index is 15.6. The van der Waals surface area contributed by atoms with E-state index in [-0.39, 0.29) is 96.5 Å². The van der Waals surface area contributed by atoms with Gasteiger partial charge in [-0.05, 0) is 161 Å². The number of hydrogen-bond donors (Lipinski definition) is 14. The topological polar surface area (TPSA) is 499 Å². The number of alkyl carbamates (subject to hydrolysis) is 1. The molecule has 5 aromatic carbocycles. The van der Waals surface area contributed by atoms with E-state index in [0.29, 0.717) is 47.6 Å². The average Bonchev–Trinajstić information content (AvgIpc) is 1.57. The number of ether oxygens (including phenoxy) is 5. The number of nitrogens with two attached hydrogens (primary N) is 2. The predicted molar refractivity (Wildman–Crippen MR) is 511 cm³/mol. The SMILES string of the molecule is COc1cc2cc(c1Cl)N(C)C(=O)C[C@H](OC(=O)[C@H](C)N(C)C(=O)CCSSC[C@H](NC(=O)[C@@H]1CSSC[C@H](NC(=O)[C@@H](Cc3ccccc3)NC(=O)Nc3cc(C)cc(C(F)(F)F)c3)C(=O)C[C@@H](Cc3ccc(O)cc3)C(=O)N[C@H](CC3=CCc4ccccc43)C(=O)N[C@@H](CCCCN)C(=O)N[C@@H]([C@@H](C)O)C(=O)N1)C(N)=O)[C@]1(C)O[C@H]1[C@H](C)[C@@H]1C[C@@](O)(NC(=O)O1)[C@H](OC)/C=C/C=C(\C)C2. The van der Waals surface area contributed by atoms with E-state index >= 15 is 19.2 Å². The standard InChI is InChI=1S/C94H117ClF3N13O21S4/c1-50-19-18-25-75(129-10)93(127)46-74(130-91(126)109-93)52(3)81-92(6,132-81)76(45-78(116)111(8)71-40-57(35-50)41-73(128-9)79(71)95)131-89(124)53(4)110(7)77(115)32-34-133-134-48-69(82(100)117)105-87(122)70-49-136-135-47-68(104-85(120)66(39-55-20-12-11-13-21-55)107-90(125)101-62-37-51(2)36-61(44-62)94(96,97)98)72(114)43-60(38-56-26-30-63(113)31-27-56)83(118)103-67(42-59-29-28-58-22-14-15-23-64(58)59)86(121)102-65(24-16-17-33-99)84(119)108-80(54(5)112)88(123)106-70/h11-15,18-23,25-27,29-31,36-37,40-41,44,52-54,60,65-70,74-76,80-81,112-113,127H,16-17,24,28,32-35,38-39,42-43,45-49,99H2,1-10H3,(H2,100,117)(H,102,121)(H,103,118)(H,104,120)(H,105,122)(H,106,123)(H,108,119)(H,109,126)(H2,101,107,125)/b25-18+,50-19+/t52-,53+,54-,60-,65+,66-,67-,68+,69+,70+,74+,75-,76+,80+,81+,92+,93+/m1/s1. The van der Waals surface area contributed by atoms with Gasteiger partial charge in [-0.15, -0.1) is 0 Å². The van der Waals surface area contributed by atoms with Crippen LogP contribution in [0.15, 0.2) is 139 Å². The molecule has 34 nitrogen and oxygen atoms in total. The first kappa shape index (κ1) is 107. The van der Waals surface area contributed by atoms with Gasteiger partial charge >= 0.3 is 24.3 Å². The van der Waals surface area contributed by atoms with Crippen LogP contribution >= 0.6 is 54.8 Å². The summed E-state index contributed by atoms with van der Waals surface area (Å²) < 4.78 is 71.9. The number of methoxy groups -OCH3 is 2. The van der Waals surface area contributed by atoms with E-state index in [2.05, 4.69) is 47.9 Å². The van der Waals surface area contributed by atoms with Crippen molar-refractivity contribution in [3.63, 3.8) is 0 Å². The molecule has 0 radical (unpaired) electrons. The van der Waals surface area contributed by atoms with Crippen LogP contribution < -0.4 is 69.0 Å². The van der Waals surface area contributed by atoms with E-state index in [9.17, 15) is 71.6 Å². The fourth-order valence-electron chi connectivity index (χ4n) is 16.3. The number of unbranched alkanes of at least 4 members (excludes halogenated alkanes) is 1. The van der Waals surface area contributed by atoms with Crippen LogP contribution in [0.2, 0.25) is 5.02 Å². The lowest BCUT2D eigenvalue weighted by Gasteiger charge is -2.42. The Morgan fingerprint density at radius 3 is 2.21 bits per heavy atom. The van der Waals surface area contributed by atoms with Crippen molar-refractivity contribution in [3.8, 4) is 11.5 Å². The molecule has 17 atom stereocenters. The molecule has 4 aliphatic heterocycles. The molecule has 10 rings (SSSR count). The third-order valence-electron chi connectivity index (χ3n) is 24.2. The molecule has 4 heterocycles. The van der Waals surface area contributed by atoms with E-state index in [1.165, 1.54) is 84.3 Å². The minimum atomic E-state index is -4.81. The number of nitrogens with zero attached hydrogens (tertiary/aromatic N) is 2. The van der Waals surface area contributed by atoms with Crippen LogP contribution in [0.4, 0.5) is 34.1 Å². The molecule has 16 N–H and O–H groups in total. The third-order valence-corrected chi connectivity index (χ3v) is 29.4. The molecule has 0 spiro atoms. The van der Waals surface area contributed by atoms with Crippen LogP contribution in [0.5, 0.6) is 11.5 Å². The normalized spacial score (nSPS) is 25.4. The number of aliphatic hydroxyl groups excluding tert-OH is 1. The second kappa shape index (κ2) is 48.9. The number of nitrogens with one attached hydrogen (secondary N) is 9. The van der Waals surface area contributed by atoms with Crippen molar-refractivity contribution >= 4 is 149 Å². The summed E-state index contributed by atoms with van der Waals surface area (Å²) in [7, 11) is 9.41. The van der Waals surface area contributed by atoms with Gasteiger partial charge in [-0.25, -0.2) is 14.4 Å². The monoisotopic (exact) mass is 1980 g/mol. The lowest BCUT2D eigenvalue weighted by atomic mass is 9.83. The quantitative estimate of drug-likeness (QED) is 0.00935. The van der Waals surface area contributed by atoms with Gasteiger partial charge in [0.1, 0.15) is 82.7 Å². The maximum absolute atomic E-state index is 15.6. The summed E-state index contributed by atoms with van der Waals surface area (Å²) in [5.74, 6) is -13.0. The first-order valence-electron chi connectivity index (χ1n) is 44.2. The molecule has 0 unspecified atom stereocenters. The number of likely N-dealkylation sites (N-methyl/N-ethyl adjacent to an activating group) is 1. The number of hydrogen-bond acceptors (Lipinski definition) is 26. The summed E-state index contributed by atoms with van der Waals surface area (Å²) in [6.45, 7) is 9.33. The number of phenols is 1. The number of Topliss-reactive ketones (excluding diaryl/α,β-unsaturated/α-hetero) is 1. The fraction of sp³-hybridized carbons (Fsp3) is 0.479. The first-order valence-corrected chi connectivity index (χ1v) is 49.6. The number of ketones is 1. The summed E-state index contributed by atoms with van der Waals surface area (Å²) in [6.07, 6.45) is -5.82. The number of carbonyl (C=O) groups is 13. The number of amides is 12. The minimum Gasteiger partial charge on any atom is -0.508 e. The number of alkyl halides is 3. The Morgan fingerprint density at radius 2 is 1.52 bits per heavy atom. The second-order valence-corrected chi connectivity index (χ2v) is 40.1. The molecule has 136 heavy (non-hydrogen) atoms. The molecule has 42 heteroatoms. The fourth-order valence-corrected chi connectivity index (χ4v) is 21.1. The van der Waals surface area contributed by atoms with Gasteiger partial charge in [-0.1, -0.05) is 158 Å². The highest BCUT2D eigenvalue weighted by molar-refractivity contribution is 8.77. The van der Waals surface area contributed by atoms with Gasteiger partial charge in [-0.3, -0.25) is 53.3 Å². The molecule has 1 aliphatic carbocycles. The summed E-state index contributed by atoms with van der Waals surface area (Å²) in [5, 5.41) is 57.4. The molecule has 0 aromatic heterocycles. The number of halogens is 4. The van der Waals surface area contributed by atoms with Gasteiger partial charge in [-0.2, -0.15) is 13.2 Å². The van der Waals surface area contributed by atoms with Crippen molar-refractivity contribution in [2.75, 3.05) is 68.1 Å². The van der Waals surface area contributed by atoms with Crippen LogP contribution in [0.3, 0.4) is 0 Å². The zero-order valence-corrected chi connectivity index (χ0v) is 80.8. The molecule has 12 amide bonds. The number of benzene rings is 5. The van der Waals surface area contributed by atoms with Crippen molar-refractivity contribution in [3.05, 3.63) is 183 Å². The lowest BCUT2D eigenvalue weighted by molar-refractivity contribution is -0.162. The summed E-state index contributed by atoms with van der Waals surface area (Å²) >= 11 is 6.90. The Morgan fingerprint density at radius 1 is 0.824 bits per heavy atom. The van der Waals surface area contributed by atoms with Crippen molar-refractivity contribution in [2.24, 2.45) is 23.3 Å². The molecular weight excluding hydrogens is 1870 g/mol. The number of anilines is 2. The molecule has 0 saturated carbocycles. The van der Waals surface area contributed by atoms with Crippen molar-refractivity contribution in [1.82, 2.24) is 47.4 Å². The molecule has 5 aromatic rings. The van der Waals surface area contributed by atoms with Gasteiger partial charge in [0.25, 0.3) is 0 Å². The molecule has 5 aliphatic rings. The third kappa shape index (κ3) is 29.3. The minimum absolute atomic E-state index is 0.0232. The van der Waals surface area contributed by atoms with Gasteiger partial charge in [0.15, 0.2) is 11.5 Å². The van der Waals surface area contributed by atoms with E-state index in [1.807, 2.05) is 31.2 Å². The van der Waals surface area contributed by atoms with Gasteiger partial charge in [0.2, 0.25) is 53.2 Å². The van der Waals surface area contributed by atoms with E-state index < -0.39 is 215 Å². The van der Waals surface area contributed by atoms with Crippen LogP contribution in [-0.2, 0) is 104 Å².